The van der Waals surface area contributed by atoms with E-state index in [0.29, 0.717) is 16.9 Å². The molecule has 2 aromatic rings. The summed E-state index contributed by atoms with van der Waals surface area (Å²) in [4.78, 5) is 12.4. The molecule has 4 rings (SSSR count). The number of aromatic nitrogens is 2. The molecule has 4 nitrogen and oxygen atoms in total. The van der Waals surface area contributed by atoms with Crippen molar-refractivity contribution in [3.63, 3.8) is 0 Å². The summed E-state index contributed by atoms with van der Waals surface area (Å²) in [7, 11) is 0. The number of alkyl halides is 3. The molecule has 2 fully saturated rings. The lowest BCUT2D eigenvalue weighted by Crippen LogP contribution is -2.26. The van der Waals surface area contributed by atoms with Gasteiger partial charge in [-0.25, -0.2) is 4.68 Å². The highest BCUT2D eigenvalue weighted by Crippen LogP contribution is 2.43. The van der Waals surface area contributed by atoms with Crippen molar-refractivity contribution in [2.24, 2.45) is 0 Å². The van der Waals surface area contributed by atoms with Crippen LogP contribution in [0.2, 0.25) is 0 Å². The maximum Gasteiger partial charge on any atom is 0.416 e. The Balaban J connectivity index is 1.73. The van der Waals surface area contributed by atoms with Crippen molar-refractivity contribution in [2.45, 2.75) is 43.8 Å². The molecule has 1 aromatic carbocycles. The summed E-state index contributed by atoms with van der Waals surface area (Å²) in [5.74, 6) is -0.000350. The van der Waals surface area contributed by atoms with Gasteiger partial charge in [-0.15, -0.1) is 0 Å². The van der Waals surface area contributed by atoms with Gasteiger partial charge in [-0.1, -0.05) is 6.07 Å². The molecule has 7 heteroatoms. The van der Waals surface area contributed by atoms with Gasteiger partial charge < -0.3 is 5.32 Å². The van der Waals surface area contributed by atoms with Crippen molar-refractivity contribution in [3.05, 3.63) is 47.3 Å². The average molecular weight is 335 g/mol. The Bertz CT molecular complexity index is 789. The SMILES string of the molecule is O=C(NC1CC1)c1cnn(-c2cccc(C(F)(F)F)c2)c1C1CC1. The van der Waals surface area contributed by atoms with Crippen LogP contribution < -0.4 is 5.32 Å². The van der Waals surface area contributed by atoms with Crippen LogP contribution >= 0.6 is 0 Å². The summed E-state index contributed by atoms with van der Waals surface area (Å²) >= 11 is 0. The molecular formula is C17H16F3N3O. The van der Waals surface area contributed by atoms with E-state index in [4.69, 9.17) is 0 Å². The first-order chi connectivity index (χ1) is 11.4. The van der Waals surface area contributed by atoms with Crippen LogP contribution in [0, 0.1) is 0 Å². The van der Waals surface area contributed by atoms with Crippen LogP contribution in [0.3, 0.4) is 0 Å². The van der Waals surface area contributed by atoms with Crippen molar-refractivity contribution in [1.29, 1.82) is 0 Å². The predicted octanol–water partition coefficient (Wildman–Crippen LogP) is 3.66. The van der Waals surface area contributed by atoms with Crippen molar-refractivity contribution in [1.82, 2.24) is 15.1 Å². The first-order valence-corrected chi connectivity index (χ1v) is 8.00. The van der Waals surface area contributed by atoms with Gasteiger partial charge in [0.15, 0.2) is 0 Å². The first kappa shape index (κ1) is 15.2. The lowest BCUT2D eigenvalue weighted by atomic mass is 10.1. The smallest absolute Gasteiger partial charge is 0.349 e. The molecule has 2 aliphatic rings. The summed E-state index contributed by atoms with van der Waals surface area (Å²) in [6.45, 7) is 0. The quantitative estimate of drug-likeness (QED) is 0.927. The molecule has 0 atom stereocenters. The van der Waals surface area contributed by atoms with E-state index in [0.717, 1.165) is 37.8 Å². The van der Waals surface area contributed by atoms with E-state index in [1.807, 2.05) is 0 Å². The van der Waals surface area contributed by atoms with Crippen molar-refractivity contribution >= 4 is 5.91 Å². The molecule has 1 aromatic heterocycles. The number of carbonyl (C=O) groups excluding carboxylic acids is 1. The summed E-state index contributed by atoms with van der Waals surface area (Å²) in [5, 5.41) is 7.13. The van der Waals surface area contributed by atoms with E-state index in [1.165, 1.54) is 16.9 Å². The standard InChI is InChI=1S/C17H16F3N3O/c18-17(19,20)11-2-1-3-13(8-11)23-15(10-4-5-10)14(9-21-23)16(24)22-12-6-7-12/h1-3,8-10,12H,4-7H2,(H,22,24). The number of rotatable bonds is 4. The monoisotopic (exact) mass is 335 g/mol. The number of carbonyl (C=O) groups is 1. The molecular weight excluding hydrogens is 319 g/mol. The Morgan fingerprint density at radius 1 is 1.21 bits per heavy atom. The highest BCUT2D eigenvalue weighted by atomic mass is 19.4. The van der Waals surface area contributed by atoms with Gasteiger partial charge in [0.2, 0.25) is 0 Å². The number of nitrogens with zero attached hydrogens (tertiary/aromatic N) is 2. The minimum absolute atomic E-state index is 0.182. The zero-order valence-electron chi connectivity index (χ0n) is 12.8. The third-order valence-electron chi connectivity index (χ3n) is 4.35. The Hall–Kier alpha value is -2.31. The number of benzene rings is 1. The Morgan fingerprint density at radius 3 is 2.58 bits per heavy atom. The lowest BCUT2D eigenvalue weighted by Gasteiger charge is -2.12. The molecule has 0 aliphatic heterocycles. The highest BCUT2D eigenvalue weighted by molar-refractivity contribution is 5.96. The molecule has 126 valence electrons. The number of halogens is 3. The topological polar surface area (TPSA) is 46.9 Å². The second kappa shape index (κ2) is 5.36. The summed E-state index contributed by atoms with van der Waals surface area (Å²) in [6, 6.07) is 5.27. The fourth-order valence-corrected chi connectivity index (χ4v) is 2.79. The summed E-state index contributed by atoms with van der Waals surface area (Å²) in [6.07, 6.45) is 0.863. The highest BCUT2D eigenvalue weighted by Gasteiger charge is 2.35. The van der Waals surface area contributed by atoms with Gasteiger partial charge in [-0.2, -0.15) is 18.3 Å². The number of hydrogen-bond acceptors (Lipinski definition) is 2. The normalized spacial score (nSPS) is 17.8. The van der Waals surface area contributed by atoms with Crippen molar-refractivity contribution in [3.8, 4) is 5.69 Å². The van der Waals surface area contributed by atoms with Crippen LogP contribution in [0.25, 0.3) is 5.69 Å². The van der Waals surface area contributed by atoms with Gasteiger partial charge in [0.05, 0.1) is 28.7 Å². The Labute approximate surface area is 136 Å². The fourth-order valence-electron chi connectivity index (χ4n) is 2.79. The van der Waals surface area contributed by atoms with E-state index in [-0.39, 0.29) is 17.9 Å². The molecule has 0 bridgehead atoms. The molecule has 0 spiro atoms. The second-order valence-corrected chi connectivity index (χ2v) is 6.43. The molecule has 1 amide bonds. The second-order valence-electron chi connectivity index (χ2n) is 6.43. The van der Waals surface area contributed by atoms with Crippen LogP contribution in [0.1, 0.15) is 53.2 Å². The Kier molecular flexibility index (Phi) is 3.40. The van der Waals surface area contributed by atoms with E-state index in [9.17, 15) is 18.0 Å². The van der Waals surface area contributed by atoms with Gasteiger partial charge in [0.1, 0.15) is 0 Å². The fraction of sp³-hybridized carbons (Fsp3) is 0.412. The van der Waals surface area contributed by atoms with Crippen molar-refractivity contribution in [2.75, 3.05) is 0 Å². The summed E-state index contributed by atoms with van der Waals surface area (Å²) < 4.78 is 40.3. The van der Waals surface area contributed by atoms with Crippen LogP contribution in [0.4, 0.5) is 13.2 Å². The minimum atomic E-state index is -4.41. The van der Waals surface area contributed by atoms with E-state index in [1.54, 1.807) is 6.07 Å². The minimum Gasteiger partial charge on any atom is -0.349 e. The Morgan fingerprint density at radius 2 is 1.96 bits per heavy atom. The molecule has 0 radical (unpaired) electrons. The maximum atomic E-state index is 12.9. The number of hydrogen-bond donors (Lipinski definition) is 1. The lowest BCUT2D eigenvalue weighted by molar-refractivity contribution is -0.137. The van der Waals surface area contributed by atoms with Crippen molar-refractivity contribution < 1.29 is 18.0 Å². The summed E-state index contributed by atoms with van der Waals surface area (Å²) in [5.41, 5.74) is 0.799. The van der Waals surface area contributed by atoms with Crippen LogP contribution in [0.15, 0.2) is 30.5 Å². The molecule has 24 heavy (non-hydrogen) atoms. The number of amides is 1. The van der Waals surface area contributed by atoms with E-state index in [2.05, 4.69) is 10.4 Å². The first-order valence-electron chi connectivity index (χ1n) is 8.00. The third-order valence-corrected chi connectivity index (χ3v) is 4.35. The van der Waals surface area contributed by atoms with E-state index >= 15 is 0 Å². The van der Waals surface area contributed by atoms with Gasteiger partial charge in [-0.05, 0) is 43.9 Å². The van der Waals surface area contributed by atoms with E-state index < -0.39 is 11.7 Å². The van der Waals surface area contributed by atoms with Crippen LogP contribution in [0.5, 0.6) is 0 Å². The largest absolute Gasteiger partial charge is 0.416 e. The maximum absolute atomic E-state index is 12.9. The molecule has 1 N–H and O–H groups in total. The molecule has 0 saturated heterocycles. The molecule has 2 aliphatic carbocycles. The molecule has 1 heterocycles. The molecule has 0 unspecified atom stereocenters. The molecule has 2 saturated carbocycles. The van der Waals surface area contributed by atoms with Crippen LogP contribution in [-0.4, -0.2) is 21.7 Å². The third kappa shape index (κ3) is 2.90. The average Bonchev–Trinajstić information content (AvgIpc) is 3.46. The van der Waals surface area contributed by atoms with Crippen LogP contribution in [-0.2, 0) is 6.18 Å². The predicted molar refractivity (Wildman–Crippen MR) is 81.0 cm³/mol. The van der Waals surface area contributed by atoms with Gasteiger partial charge in [0.25, 0.3) is 5.91 Å². The number of nitrogens with one attached hydrogen (secondary N) is 1. The van der Waals surface area contributed by atoms with Gasteiger partial charge >= 0.3 is 6.18 Å². The zero-order valence-corrected chi connectivity index (χ0v) is 12.8. The zero-order chi connectivity index (χ0) is 16.9. The van der Waals surface area contributed by atoms with Gasteiger partial charge in [0, 0.05) is 12.0 Å². The van der Waals surface area contributed by atoms with Gasteiger partial charge in [-0.3, -0.25) is 4.79 Å².